The second kappa shape index (κ2) is 8.24. The van der Waals surface area contributed by atoms with E-state index in [0.717, 1.165) is 12.3 Å². The molecule has 2 aliphatic heterocycles. The number of nitrogens with zero attached hydrogens (tertiary/aromatic N) is 4. The molecule has 0 aromatic carbocycles. The van der Waals surface area contributed by atoms with E-state index in [1.54, 1.807) is 6.07 Å². The summed E-state index contributed by atoms with van der Waals surface area (Å²) in [5, 5.41) is 4.53. The number of halogens is 4. The van der Waals surface area contributed by atoms with Gasteiger partial charge in [0.2, 0.25) is 0 Å². The summed E-state index contributed by atoms with van der Waals surface area (Å²) in [4.78, 5) is 36.9. The van der Waals surface area contributed by atoms with Gasteiger partial charge in [0.1, 0.15) is 23.4 Å². The minimum Gasteiger partial charge on any atom is -0.366 e. The average molecular weight is 452 g/mol. The monoisotopic (exact) mass is 452 g/mol. The van der Waals surface area contributed by atoms with Crippen LogP contribution in [0.5, 0.6) is 0 Å². The molecule has 0 aliphatic carbocycles. The Balaban J connectivity index is 1.62. The molecule has 8 nitrogen and oxygen atoms in total. The zero-order valence-electron chi connectivity index (χ0n) is 17.0. The number of alkyl halides is 3. The van der Waals surface area contributed by atoms with Crippen molar-refractivity contribution in [3.05, 3.63) is 42.0 Å². The predicted molar refractivity (Wildman–Crippen MR) is 108 cm³/mol. The average Bonchev–Trinajstić information content (AvgIpc) is 3.16. The van der Waals surface area contributed by atoms with Crippen LogP contribution in [-0.2, 0) is 0 Å². The molecule has 2 bridgehead atoms. The molecule has 170 valence electrons. The number of nitrogens with one attached hydrogen (secondary N) is 2. The van der Waals surface area contributed by atoms with E-state index in [-0.39, 0.29) is 29.8 Å². The topological polar surface area (TPSA) is 90.5 Å². The zero-order chi connectivity index (χ0) is 23.0. The summed E-state index contributed by atoms with van der Waals surface area (Å²) < 4.78 is 52.2. The third-order valence-electron chi connectivity index (χ3n) is 5.47. The van der Waals surface area contributed by atoms with Crippen molar-refractivity contribution in [2.45, 2.75) is 38.0 Å². The van der Waals surface area contributed by atoms with E-state index < -0.39 is 30.0 Å². The Morgan fingerprint density at radius 3 is 2.69 bits per heavy atom. The molecular weight excluding hydrogens is 432 g/mol. The fourth-order valence-corrected chi connectivity index (χ4v) is 3.87. The summed E-state index contributed by atoms with van der Waals surface area (Å²) in [6.45, 7) is 2.53. The highest BCUT2D eigenvalue weighted by Crippen LogP contribution is 2.39. The SMILES string of the molecule is CC[C@@H](NC(=O)c1ccc2c(n1)N(C(=O)Nc1ccc(F)cn1)C1CCN2C1)C(F)(F)F. The van der Waals surface area contributed by atoms with Gasteiger partial charge in [-0.05, 0) is 37.1 Å². The first-order valence-electron chi connectivity index (χ1n) is 10.0. The van der Waals surface area contributed by atoms with Crippen LogP contribution in [0.1, 0.15) is 30.3 Å². The van der Waals surface area contributed by atoms with Crippen LogP contribution >= 0.6 is 0 Å². The van der Waals surface area contributed by atoms with E-state index in [2.05, 4.69) is 15.3 Å². The number of hydrogen-bond acceptors (Lipinski definition) is 5. The molecular formula is C20H20F4N6O2. The fraction of sp³-hybridized carbons (Fsp3) is 0.400. The molecule has 3 amide bonds. The van der Waals surface area contributed by atoms with Crippen LogP contribution in [0.3, 0.4) is 0 Å². The van der Waals surface area contributed by atoms with Gasteiger partial charge in [-0.3, -0.25) is 15.0 Å². The Morgan fingerprint density at radius 2 is 2.03 bits per heavy atom. The highest BCUT2D eigenvalue weighted by molar-refractivity contribution is 6.05. The molecule has 1 fully saturated rings. The Labute approximate surface area is 180 Å². The number of rotatable bonds is 4. The lowest BCUT2D eigenvalue weighted by molar-refractivity contribution is -0.153. The van der Waals surface area contributed by atoms with Gasteiger partial charge in [-0.25, -0.2) is 19.2 Å². The maximum atomic E-state index is 13.1. The maximum absolute atomic E-state index is 13.1. The molecule has 0 saturated carbocycles. The van der Waals surface area contributed by atoms with Crippen LogP contribution < -0.4 is 20.4 Å². The molecule has 2 N–H and O–H groups in total. The van der Waals surface area contributed by atoms with E-state index >= 15 is 0 Å². The van der Waals surface area contributed by atoms with Gasteiger partial charge >= 0.3 is 12.2 Å². The fourth-order valence-electron chi connectivity index (χ4n) is 3.87. The number of anilines is 3. The van der Waals surface area contributed by atoms with E-state index in [0.29, 0.717) is 25.2 Å². The van der Waals surface area contributed by atoms with Crippen LogP contribution in [0.25, 0.3) is 0 Å². The van der Waals surface area contributed by atoms with Gasteiger partial charge in [0.15, 0.2) is 5.82 Å². The Hall–Kier alpha value is -3.44. The number of aromatic nitrogens is 2. The molecule has 2 aromatic rings. The summed E-state index contributed by atoms with van der Waals surface area (Å²) in [5.41, 5.74) is 0.368. The molecule has 0 spiro atoms. The van der Waals surface area contributed by atoms with Gasteiger partial charge in [0, 0.05) is 13.1 Å². The Morgan fingerprint density at radius 1 is 1.25 bits per heavy atom. The van der Waals surface area contributed by atoms with E-state index in [4.69, 9.17) is 0 Å². The quantitative estimate of drug-likeness (QED) is 0.695. The number of pyridine rings is 2. The third-order valence-corrected chi connectivity index (χ3v) is 5.47. The second-order valence-corrected chi connectivity index (χ2v) is 7.57. The van der Waals surface area contributed by atoms with E-state index in [1.807, 2.05) is 10.2 Å². The second-order valence-electron chi connectivity index (χ2n) is 7.57. The van der Waals surface area contributed by atoms with Crippen molar-refractivity contribution in [2.75, 3.05) is 28.2 Å². The molecule has 2 atom stereocenters. The van der Waals surface area contributed by atoms with Gasteiger partial charge in [-0.15, -0.1) is 0 Å². The van der Waals surface area contributed by atoms with Crippen molar-refractivity contribution in [1.29, 1.82) is 0 Å². The summed E-state index contributed by atoms with van der Waals surface area (Å²) in [5.74, 6) is -1.24. The molecule has 0 radical (unpaired) electrons. The number of hydrogen-bond donors (Lipinski definition) is 2. The van der Waals surface area contributed by atoms with E-state index in [9.17, 15) is 27.2 Å². The first-order valence-corrected chi connectivity index (χ1v) is 10.0. The molecule has 2 aliphatic rings. The minimum absolute atomic E-state index is 0.128. The lowest BCUT2D eigenvalue weighted by Gasteiger charge is -2.35. The Bertz CT molecular complexity index is 1030. The van der Waals surface area contributed by atoms with Gasteiger partial charge in [0.25, 0.3) is 5.91 Å². The molecule has 4 heterocycles. The van der Waals surface area contributed by atoms with Gasteiger partial charge in [0.05, 0.1) is 17.9 Å². The normalized spacial score (nSPS) is 18.2. The largest absolute Gasteiger partial charge is 0.408 e. The molecule has 32 heavy (non-hydrogen) atoms. The lowest BCUT2D eigenvalue weighted by atomic mass is 10.1. The first-order chi connectivity index (χ1) is 15.2. The highest BCUT2D eigenvalue weighted by atomic mass is 19.4. The number of urea groups is 1. The number of carbonyl (C=O) groups is 2. The number of carbonyl (C=O) groups excluding carboxylic acids is 2. The van der Waals surface area contributed by atoms with Crippen molar-refractivity contribution in [3.63, 3.8) is 0 Å². The zero-order valence-corrected chi connectivity index (χ0v) is 17.0. The molecule has 1 saturated heterocycles. The summed E-state index contributed by atoms with van der Waals surface area (Å²) in [7, 11) is 0. The smallest absolute Gasteiger partial charge is 0.366 e. The highest BCUT2D eigenvalue weighted by Gasteiger charge is 2.42. The maximum Gasteiger partial charge on any atom is 0.408 e. The molecule has 1 unspecified atom stereocenters. The Kier molecular flexibility index (Phi) is 5.61. The van der Waals surface area contributed by atoms with Crippen molar-refractivity contribution in [2.24, 2.45) is 0 Å². The van der Waals surface area contributed by atoms with Crippen LogP contribution in [0.4, 0.5) is 39.7 Å². The van der Waals surface area contributed by atoms with Crippen molar-refractivity contribution in [3.8, 4) is 0 Å². The minimum atomic E-state index is -4.59. The van der Waals surface area contributed by atoms with Crippen LogP contribution in [0, 0.1) is 5.82 Å². The molecule has 4 rings (SSSR count). The van der Waals surface area contributed by atoms with Crippen LogP contribution in [-0.4, -0.2) is 53.3 Å². The lowest BCUT2D eigenvalue weighted by Crippen LogP contribution is -2.49. The summed E-state index contributed by atoms with van der Waals surface area (Å²) >= 11 is 0. The summed E-state index contributed by atoms with van der Waals surface area (Å²) in [6, 6.07) is 2.54. The summed E-state index contributed by atoms with van der Waals surface area (Å²) in [6.07, 6.45) is -3.30. The van der Waals surface area contributed by atoms with Gasteiger partial charge in [-0.2, -0.15) is 13.2 Å². The van der Waals surface area contributed by atoms with Crippen LogP contribution in [0.2, 0.25) is 0 Å². The molecule has 2 aromatic heterocycles. The van der Waals surface area contributed by atoms with Crippen molar-refractivity contribution >= 4 is 29.3 Å². The number of fused-ring (bicyclic) bond motifs is 4. The predicted octanol–water partition coefficient (Wildman–Crippen LogP) is 3.32. The van der Waals surface area contributed by atoms with Crippen molar-refractivity contribution < 1.29 is 27.2 Å². The van der Waals surface area contributed by atoms with Gasteiger partial charge in [-0.1, -0.05) is 6.92 Å². The standard InChI is InChI=1S/C20H20F4N6O2/c1-2-15(20(22,23)24)27-18(31)13-4-5-14-17(26-13)30(12-7-8-29(14)10-12)19(32)28-16-6-3-11(21)9-25-16/h3-6,9,12,15H,2,7-8,10H2,1H3,(H,27,31)(H,25,28,32)/t12?,15-/m1/s1. The van der Waals surface area contributed by atoms with Crippen molar-refractivity contribution in [1.82, 2.24) is 15.3 Å². The first kappa shape index (κ1) is 21.8. The van der Waals surface area contributed by atoms with Crippen LogP contribution in [0.15, 0.2) is 30.5 Å². The van der Waals surface area contributed by atoms with Gasteiger partial charge < -0.3 is 10.2 Å². The third kappa shape index (κ3) is 4.16. The molecule has 12 heteroatoms. The number of amides is 3. The van der Waals surface area contributed by atoms with E-state index in [1.165, 1.54) is 24.0 Å².